The summed E-state index contributed by atoms with van der Waals surface area (Å²) < 4.78 is 5.32. The van der Waals surface area contributed by atoms with Crippen molar-refractivity contribution in [1.29, 1.82) is 0 Å². The van der Waals surface area contributed by atoms with Crippen molar-refractivity contribution < 1.29 is 19.7 Å². The van der Waals surface area contributed by atoms with Gasteiger partial charge in [0.25, 0.3) is 0 Å². The molecule has 0 saturated carbocycles. The van der Waals surface area contributed by atoms with Crippen LogP contribution in [0.5, 0.6) is 5.75 Å². The van der Waals surface area contributed by atoms with Crippen molar-refractivity contribution in [3.63, 3.8) is 0 Å². The molecule has 0 aliphatic carbocycles. The van der Waals surface area contributed by atoms with E-state index in [0.717, 1.165) is 48.2 Å². The van der Waals surface area contributed by atoms with E-state index in [2.05, 4.69) is 17.0 Å². The molecule has 152 valence electrons. The summed E-state index contributed by atoms with van der Waals surface area (Å²) in [6, 6.07) is 10.7. The van der Waals surface area contributed by atoms with E-state index in [-0.39, 0.29) is 12.5 Å². The second-order valence-corrected chi connectivity index (χ2v) is 8.24. The maximum Gasteiger partial charge on any atom is 0.407 e. The summed E-state index contributed by atoms with van der Waals surface area (Å²) in [6.45, 7) is 2.17. The van der Waals surface area contributed by atoms with Crippen molar-refractivity contribution in [1.82, 2.24) is 4.90 Å². The van der Waals surface area contributed by atoms with Gasteiger partial charge < -0.3 is 24.7 Å². The van der Waals surface area contributed by atoms with Crippen LogP contribution in [-0.4, -0.2) is 54.0 Å². The van der Waals surface area contributed by atoms with Gasteiger partial charge in [-0.15, -0.1) is 0 Å². The fourth-order valence-corrected chi connectivity index (χ4v) is 5.48. The number of aliphatic hydroxyl groups excluding tert-OH is 1. The highest BCUT2D eigenvalue weighted by atomic mass is 16.5. The van der Waals surface area contributed by atoms with Crippen molar-refractivity contribution in [2.24, 2.45) is 0 Å². The number of aryl methyl sites for hydroxylation is 1. The fraction of sp³-hybridized carbons (Fsp3) is 0.435. The first-order valence-corrected chi connectivity index (χ1v) is 10.3. The van der Waals surface area contributed by atoms with Gasteiger partial charge >= 0.3 is 6.09 Å². The van der Waals surface area contributed by atoms with Crippen LogP contribution in [0.4, 0.5) is 10.5 Å². The molecule has 3 aliphatic rings. The number of carboxylic acid groups (broad SMARTS) is 1. The second kappa shape index (κ2) is 6.95. The van der Waals surface area contributed by atoms with Gasteiger partial charge in [0.05, 0.1) is 13.7 Å². The zero-order chi connectivity index (χ0) is 20.1. The molecule has 2 aromatic rings. The smallest absolute Gasteiger partial charge is 0.407 e. The minimum Gasteiger partial charge on any atom is -0.497 e. The third-order valence-corrected chi connectivity index (χ3v) is 6.79. The maximum atomic E-state index is 11.6. The largest absolute Gasteiger partial charge is 0.497 e. The molecule has 3 heterocycles. The Bertz CT molecular complexity index is 974. The molecule has 6 nitrogen and oxygen atoms in total. The van der Waals surface area contributed by atoms with Gasteiger partial charge in [-0.3, -0.25) is 0 Å². The Balaban J connectivity index is 1.62. The average Bonchev–Trinajstić information content (AvgIpc) is 3.08. The number of amides is 1. The van der Waals surface area contributed by atoms with Crippen LogP contribution in [0, 0.1) is 0 Å². The monoisotopic (exact) mass is 394 g/mol. The minimum absolute atomic E-state index is 0.0517. The number of likely N-dealkylation sites (tertiary alicyclic amines) is 1. The summed E-state index contributed by atoms with van der Waals surface area (Å²) in [7, 11) is 1.63. The first-order valence-electron chi connectivity index (χ1n) is 10.3. The lowest BCUT2D eigenvalue weighted by Crippen LogP contribution is -2.48. The number of rotatable bonds is 3. The molecule has 0 radical (unpaired) electrons. The van der Waals surface area contributed by atoms with Crippen LogP contribution in [-0.2, 0) is 13.0 Å². The number of hydrogen-bond donors (Lipinski definition) is 2. The van der Waals surface area contributed by atoms with Crippen molar-refractivity contribution in [3.05, 3.63) is 47.0 Å². The van der Waals surface area contributed by atoms with Crippen molar-refractivity contribution in [2.45, 2.75) is 37.8 Å². The van der Waals surface area contributed by atoms with Gasteiger partial charge in [0.15, 0.2) is 0 Å². The summed E-state index contributed by atoms with van der Waals surface area (Å²) in [4.78, 5) is 15.7. The Labute approximate surface area is 170 Å². The van der Waals surface area contributed by atoms with Crippen LogP contribution in [0.2, 0.25) is 0 Å². The van der Waals surface area contributed by atoms with E-state index < -0.39 is 6.09 Å². The van der Waals surface area contributed by atoms with E-state index in [1.165, 1.54) is 16.8 Å². The number of piperidine rings is 1. The van der Waals surface area contributed by atoms with Crippen LogP contribution < -0.4 is 9.64 Å². The first kappa shape index (κ1) is 18.3. The highest BCUT2D eigenvalue weighted by Gasteiger charge is 2.44. The van der Waals surface area contributed by atoms with Gasteiger partial charge in [-0.25, -0.2) is 4.79 Å². The molecule has 0 unspecified atom stereocenters. The Morgan fingerprint density at radius 1 is 1.24 bits per heavy atom. The summed E-state index contributed by atoms with van der Waals surface area (Å²) in [5.74, 6) is 0.943. The van der Waals surface area contributed by atoms with Crippen molar-refractivity contribution >= 4 is 11.8 Å². The molecule has 1 fully saturated rings. The zero-order valence-electron chi connectivity index (χ0n) is 16.6. The lowest BCUT2D eigenvalue weighted by atomic mass is 9.86. The molecule has 29 heavy (non-hydrogen) atoms. The number of carbonyl (C=O) groups is 1. The van der Waals surface area contributed by atoms with Gasteiger partial charge in [-0.1, -0.05) is 6.07 Å². The lowest BCUT2D eigenvalue weighted by molar-refractivity contribution is 0.127. The number of nitrogens with zero attached hydrogens (tertiary/aromatic N) is 2. The molecule has 0 bridgehead atoms. The summed E-state index contributed by atoms with van der Waals surface area (Å²) in [6.07, 6.45) is 2.22. The molecule has 2 atom stereocenters. The van der Waals surface area contributed by atoms with Gasteiger partial charge in [0.1, 0.15) is 5.75 Å². The number of ether oxygens (including phenoxy) is 1. The third-order valence-electron chi connectivity index (χ3n) is 6.79. The molecular formula is C23H26N2O4. The first-order chi connectivity index (χ1) is 14.1. The SMILES string of the molecule is COc1ccc(-c2cc3c4c(c2)[C@@H]2CN(C(=O)O)CC[C@@H]2N4CCC3)c(CO)c1. The molecule has 0 aromatic heterocycles. The molecule has 1 amide bonds. The fourth-order valence-electron chi connectivity index (χ4n) is 5.48. The zero-order valence-corrected chi connectivity index (χ0v) is 16.6. The van der Waals surface area contributed by atoms with E-state index >= 15 is 0 Å². The van der Waals surface area contributed by atoms with E-state index in [1.54, 1.807) is 12.0 Å². The minimum atomic E-state index is -0.826. The quantitative estimate of drug-likeness (QED) is 0.834. The predicted octanol–water partition coefficient (Wildman–Crippen LogP) is 3.46. The molecule has 3 aliphatic heterocycles. The van der Waals surface area contributed by atoms with Gasteiger partial charge in [-0.05, 0) is 71.3 Å². The second-order valence-electron chi connectivity index (χ2n) is 8.24. The van der Waals surface area contributed by atoms with E-state index in [1.807, 2.05) is 18.2 Å². The molecular weight excluding hydrogens is 368 g/mol. The van der Waals surface area contributed by atoms with Crippen LogP contribution in [0.1, 0.15) is 35.4 Å². The Kier molecular flexibility index (Phi) is 4.39. The molecule has 6 heteroatoms. The molecule has 2 aromatic carbocycles. The van der Waals surface area contributed by atoms with Gasteiger partial charge in [-0.2, -0.15) is 0 Å². The van der Waals surface area contributed by atoms with E-state index in [0.29, 0.717) is 19.1 Å². The number of anilines is 1. The average molecular weight is 394 g/mol. The molecule has 0 spiro atoms. The van der Waals surface area contributed by atoms with Crippen LogP contribution in [0.25, 0.3) is 11.1 Å². The predicted molar refractivity (Wildman–Crippen MR) is 111 cm³/mol. The number of hydrogen-bond acceptors (Lipinski definition) is 4. The van der Waals surface area contributed by atoms with E-state index in [9.17, 15) is 15.0 Å². The summed E-state index contributed by atoms with van der Waals surface area (Å²) in [5, 5.41) is 19.4. The Hall–Kier alpha value is -2.73. The summed E-state index contributed by atoms with van der Waals surface area (Å²) in [5.41, 5.74) is 6.91. The number of methoxy groups -OCH3 is 1. The van der Waals surface area contributed by atoms with Gasteiger partial charge in [0, 0.05) is 37.3 Å². The maximum absolute atomic E-state index is 11.6. The molecule has 2 N–H and O–H groups in total. The topological polar surface area (TPSA) is 73.2 Å². The van der Waals surface area contributed by atoms with Crippen LogP contribution in [0.3, 0.4) is 0 Å². The normalized spacial score (nSPS) is 22.3. The highest BCUT2D eigenvalue weighted by molar-refractivity contribution is 5.78. The summed E-state index contributed by atoms with van der Waals surface area (Å²) >= 11 is 0. The Morgan fingerprint density at radius 3 is 2.86 bits per heavy atom. The Morgan fingerprint density at radius 2 is 2.10 bits per heavy atom. The number of benzene rings is 2. The van der Waals surface area contributed by atoms with Crippen LogP contribution >= 0.6 is 0 Å². The van der Waals surface area contributed by atoms with Crippen molar-refractivity contribution in [3.8, 4) is 16.9 Å². The van der Waals surface area contributed by atoms with E-state index in [4.69, 9.17) is 4.74 Å². The van der Waals surface area contributed by atoms with Gasteiger partial charge in [0.2, 0.25) is 0 Å². The van der Waals surface area contributed by atoms with Crippen molar-refractivity contribution in [2.75, 3.05) is 31.6 Å². The molecule has 1 saturated heterocycles. The number of aliphatic hydroxyl groups is 1. The molecule has 5 rings (SSSR count). The lowest BCUT2D eigenvalue weighted by Gasteiger charge is -2.39. The third kappa shape index (κ3) is 2.85. The highest BCUT2D eigenvalue weighted by Crippen LogP contribution is 2.50. The standard InChI is InChI=1S/C23H26N2O4/c1-29-17-4-5-18(16(10-17)13-26)15-9-14-3-2-7-25-21-6-8-24(23(27)28)12-20(21)19(11-15)22(14)25/h4-5,9-11,20-21,26H,2-3,6-8,12-13H2,1H3,(H,27,28)/t20-,21-/m0/s1. The van der Waals surface area contributed by atoms with Crippen LogP contribution in [0.15, 0.2) is 30.3 Å². The number of fused-ring (bicyclic) bond motifs is 3.